The average Bonchev–Trinajstić information content (AvgIpc) is 3.57. The molecule has 8 heteroatoms. The van der Waals surface area contributed by atoms with E-state index in [1.165, 1.54) is 12.1 Å². The maximum atomic E-state index is 12.6. The summed E-state index contributed by atoms with van der Waals surface area (Å²) in [5.41, 5.74) is 1.89. The molecule has 3 aromatic rings. The van der Waals surface area contributed by atoms with Crippen molar-refractivity contribution >= 4 is 26.8 Å². The van der Waals surface area contributed by atoms with Crippen LogP contribution in [0.5, 0.6) is 5.75 Å². The number of benzene rings is 2. The van der Waals surface area contributed by atoms with Crippen LogP contribution in [0.15, 0.2) is 59.6 Å². The van der Waals surface area contributed by atoms with E-state index in [9.17, 15) is 13.2 Å². The Labute approximate surface area is 181 Å². The minimum Gasteiger partial charge on any atom is -0.491 e. The second kappa shape index (κ2) is 9.03. The second-order valence-corrected chi connectivity index (χ2v) is 9.38. The van der Waals surface area contributed by atoms with Crippen LogP contribution in [0.3, 0.4) is 0 Å². The maximum absolute atomic E-state index is 12.6. The quantitative estimate of drug-likeness (QED) is 0.499. The summed E-state index contributed by atoms with van der Waals surface area (Å²) in [6.45, 7) is 2.62. The summed E-state index contributed by atoms with van der Waals surface area (Å²) in [5, 5.41) is 3.85. The predicted octanol–water partition coefficient (Wildman–Crippen LogP) is 3.18. The van der Waals surface area contributed by atoms with E-state index in [0.29, 0.717) is 30.9 Å². The highest BCUT2D eigenvalue weighted by Crippen LogP contribution is 2.24. The van der Waals surface area contributed by atoms with E-state index in [4.69, 9.17) is 4.74 Å². The Morgan fingerprint density at radius 1 is 1.16 bits per heavy atom. The maximum Gasteiger partial charge on any atom is 0.251 e. The molecular weight excluding hydrogens is 414 g/mol. The molecule has 1 amide bonds. The van der Waals surface area contributed by atoms with Gasteiger partial charge in [0.1, 0.15) is 11.3 Å². The van der Waals surface area contributed by atoms with E-state index in [1.54, 1.807) is 19.2 Å². The van der Waals surface area contributed by atoms with E-state index < -0.39 is 10.0 Å². The summed E-state index contributed by atoms with van der Waals surface area (Å²) in [6.07, 6.45) is 4.05. The first-order valence-electron chi connectivity index (χ1n) is 10.3. The number of ether oxygens (including phenoxy) is 1. The smallest absolute Gasteiger partial charge is 0.251 e. The van der Waals surface area contributed by atoms with Crippen molar-refractivity contribution < 1.29 is 17.9 Å². The lowest BCUT2D eigenvalue weighted by molar-refractivity contribution is 0.0950. The first-order valence-corrected chi connectivity index (χ1v) is 11.8. The highest BCUT2D eigenvalue weighted by Gasteiger charge is 2.28. The number of carbonyl (C=O) groups excluding carboxylic acids is 1. The van der Waals surface area contributed by atoms with Gasteiger partial charge in [-0.1, -0.05) is 24.3 Å². The number of hydrogen-bond donors (Lipinski definition) is 2. The molecule has 2 N–H and O–H groups in total. The lowest BCUT2D eigenvalue weighted by atomic mass is 10.1. The van der Waals surface area contributed by atoms with Crippen LogP contribution in [-0.4, -0.2) is 38.5 Å². The minimum absolute atomic E-state index is 0.0144. The fourth-order valence-electron chi connectivity index (χ4n) is 3.25. The van der Waals surface area contributed by atoms with Gasteiger partial charge in [-0.25, -0.2) is 13.1 Å². The molecule has 7 nitrogen and oxygen atoms in total. The van der Waals surface area contributed by atoms with Gasteiger partial charge in [0.2, 0.25) is 10.0 Å². The third kappa shape index (κ3) is 5.21. The molecule has 0 saturated heterocycles. The second-order valence-electron chi connectivity index (χ2n) is 7.66. The molecule has 1 heterocycles. The number of aromatic nitrogens is 1. The van der Waals surface area contributed by atoms with Crippen molar-refractivity contribution in [2.75, 3.05) is 13.2 Å². The van der Waals surface area contributed by atoms with Gasteiger partial charge in [0.25, 0.3) is 5.91 Å². The summed E-state index contributed by atoms with van der Waals surface area (Å²) in [6, 6.07) is 14.3. The Kier molecular flexibility index (Phi) is 6.20. The Morgan fingerprint density at radius 2 is 1.97 bits per heavy atom. The number of fused-ring (bicyclic) bond motifs is 1. The van der Waals surface area contributed by atoms with Crippen molar-refractivity contribution in [3.8, 4) is 5.75 Å². The van der Waals surface area contributed by atoms with Gasteiger partial charge >= 0.3 is 0 Å². The van der Waals surface area contributed by atoms with Crippen LogP contribution >= 0.6 is 0 Å². The minimum atomic E-state index is -3.60. The first-order chi connectivity index (χ1) is 14.9. The summed E-state index contributed by atoms with van der Waals surface area (Å²) in [7, 11) is -3.60. The lowest BCUT2D eigenvalue weighted by Gasteiger charge is -2.12. The lowest BCUT2D eigenvalue weighted by Crippen LogP contribution is -2.28. The van der Waals surface area contributed by atoms with Crippen LogP contribution < -0.4 is 14.8 Å². The number of sulfonamides is 1. The number of para-hydroxylation sites is 1. The van der Waals surface area contributed by atoms with Crippen molar-refractivity contribution in [2.45, 2.75) is 37.1 Å². The van der Waals surface area contributed by atoms with Gasteiger partial charge in [0.15, 0.2) is 0 Å². The Balaban J connectivity index is 1.32. The van der Waals surface area contributed by atoms with Crippen molar-refractivity contribution in [3.63, 3.8) is 0 Å². The number of rotatable bonds is 9. The molecule has 2 aromatic carbocycles. The van der Waals surface area contributed by atoms with Crippen molar-refractivity contribution in [2.24, 2.45) is 0 Å². The molecule has 1 fully saturated rings. The molecule has 0 spiro atoms. The van der Waals surface area contributed by atoms with Crippen molar-refractivity contribution in [3.05, 3.63) is 65.9 Å². The molecule has 31 heavy (non-hydrogen) atoms. The van der Waals surface area contributed by atoms with E-state index >= 15 is 0 Å². The standard InChI is InChI=1S/C23H25N3O4S/c1-16-8-11-19(31(28,29)26-18-9-10-18)15-20(16)23(27)25-13-4-14-30-21-7-2-5-17-6-3-12-24-22(17)21/h2-3,5-8,11-12,15,18,26H,4,9-10,13-14H2,1H3,(H,25,27). The Hall–Kier alpha value is -2.97. The third-order valence-electron chi connectivity index (χ3n) is 5.12. The van der Waals surface area contributed by atoms with Crippen LogP contribution in [0, 0.1) is 6.92 Å². The van der Waals surface area contributed by atoms with E-state index in [-0.39, 0.29) is 16.8 Å². The summed E-state index contributed by atoms with van der Waals surface area (Å²) in [4.78, 5) is 17.1. The molecule has 0 bridgehead atoms. The van der Waals surface area contributed by atoms with Crippen LogP contribution in [0.25, 0.3) is 10.9 Å². The molecule has 0 atom stereocenters. The normalized spacial score (nSPS) is 13.8. The van der Waals surface area contributed by atoms with E-state index in [1.807, 2.05) is 30.3 Å². The topological polar surface area (TPSA) is 97.4 Å². The molecule has 4 rings (SSSR count). The molecular formula is C23H25N3O4S. The van der Waals surface area contributed by atoms with Gasteiger partial charge in [-0.2, -0.15) is 0 Å². The molecule has 0 aliphatic heterocycles. The molecule has 0 unspecified atom stereocenters. The van der Waals surface area contributed by atoms with Gasteiger partial charge in [-0.3, -0.25) is 9.78 Å². The van der Waals surface area contributed by atoms with E-state index in [0.717, 1.165) is 29.3 Å². The number of pyridine rings is 1. The fourth-order valence-corrected chi connectivity index (χ4v) is 4.58. The zero-order valence-corrected chi connectivity index (χ0v) is 18.1. The number of aryl methyl sites for hydroxylation is 1. The fraction of sp³-hybridized carbons (Fsp3) is 0.304. The summed E-state index contributed by atoms with van der Waals surface area (Å²) >= 11 is 0. The molecule has 1 aromatic heterocycles. The van der Waals surface area contributed by atoms with Crippen molar-refractivity contribution in [1.82, 2.24) is 15.0 Å². The van der Waals surface area contributed by atoms with Gasteiger partial charge in [-0.05, 0) is 56.0 Å². The number of nitrogens with one attached hydrogen (secondary N) is 2. The predicted molar refractivity (Wildman–Crippen MR) is 119 cm³/mol. The summed E-state index contributed by atoms with van der Waals surface area (Å²) < 4.78 is 33.3. The summed E-state index contributed by atoms with van der Waals surface area (Å²) in [5.74, 6) is 0.411. The Morgan fingerprint density at radius 3 is 2.77 bits per heavy atom. The molecule has 1 aliphatic rings. The highest BCUT2D eigenvalue weighted by molar-refractivity contribution is 7.89. The first kappa shape index (κ1) is 21.3. The van der Waals surface area contributed by atoms with Crippen LogP contribution in [-0.2, 0) is 10.0 Å². The number of nitrogens with zero attached hydrogens (tertiary/aromatic N) is 1. The largest absolute Gasteiger partial charge is 0.491 e. The highest BCUT2D eigenvalue weighted by atomic mass is 32.2. The van der Waals surface area contributed by atoms with E-state index in [2.05, 4.69) is 15.0 Å². The van der Waals surface area contributed by atoms with Crippen LogP contribution in [0.1, 0.15) is 35.2 Å². The van der Waals surface area contributed by atoms with Crippen molar-refractivity contribution in [1.29, 1.82) is 0 Å². The number of amides is 1. The van der Waals surface area contributed by atoms with Gasteiger partial charge in [-0.15, -0.1) is 0 Å². The zero-order chi connectivity index (χ0) is 21.8. The van der Waals surface area contributed by atoms with Gasteiger partial charge in [0.05, 0.1) is 11.5 Å². The SMILES string of the molecule is Cc1ccc(S(=O)(=O)NC2CC2)cc1C(=O)NCCCOc1cccc2cccnc12. The molecule has 1 aliphatic carbocycles. The monoisotopic (exact) mass is 439 g/mol. The average molecular weight is 440 g/mol. The van der Waals surface area contributed by atoms with Gasteiger partial charge in [0, 0.05) is 29.7 Å². The molecule has 1 saturated carbocycles. The third-order valence-corrected chi connectivity index (χ3v) is 6.64. The zero-order valence-electron chi connectivity index (χ0n) is 17.3. The van der Waals surface area contributed by atoms with Crippen LogP contribution in [0.2, 0.25) is 0 Å². The molecule has 162 valence electrons. The number of carbonyl (C=O) groups is 1. The molecule has 0 radical (unpaired) electrons. The number of hydrogen-bond acceptors (Lipinski definition) is 5. The van der Waals surface area contributed by atoms with Crippen LogP contribution in [0.4, 0.5) is 0 Å². The van der Waals surface area contributed by atoms with Gasteiger partial charge < -0.3 is 10.1 Å². The Bertz CT molecular complexity index is 1200.